The molecular formula is C26H35F2NO4. The number of hydrogen-bond acceptors (Lipinski definition) is 4. The molecule has 7 heteroatoms. The van der Waals surface area contributed by atoms with E-state index in [1.54, 1.807) is 18.2 Å². The zero-order valence-electron chi connectivity index (χ0n) is 19.5. The Kier molecular flexibility index (Phi) is 10.7. The topological polar surface area (TPSA) is 66.8 Å². The summed E-state index contributed by atoms with van der Waals surface area (Å²) in [6, 6.07) is 9.35. The summed E-state index contributed by atoms with van der Waals surface area (Å²) >= 11 is 0. The van der Waals surface area contributed by atoms with Gasteiger partial charge in [-0.3, -0.25) is 9.59 Å². The van der Waals surface area contributed by atoms with Crippen molar-refractivity contribution >= 4 is 11.9 Å². The summed E-state index contributed by atoms with van der Waals surface area (Å²) < 4.78 is 32.7. The van der Waals surface area contributed by atoms with Crippen LogP contribution in [0.3, 0.4) is 0 Å². The molecular weight excluding hydrogens is 428 g/mol. The van der Waals surface area contributed by atoms with Gasteiger partial charge < -0.3 is 14.7 Å². The van der Waals surface area contributed by atoms with Crippen molar-refractivity contribution in [1.29, 1.82) is 0 Å². The second-order valence-electron chi connectivity index (χ2n) is 8.60. The molecule has 0 aliphatic carbocycles. The van der Waals surface area contributed by atoms with Gasteiger partial charge in [-0.05, 0) is 43.6 Å². The smallest absolute Gasteiger partial charge is 0.327 e. The zero-order chi connectivity index (χ0) is 24.3. The Bertz CT molecular complexity index is 810. The Hall–Kier alpha value is -2.54. The third kappa shape index (κ3) is 8.72. The molecule has 1 aliphatic heterocycles. The number of benzene rings is 1. The number of halogens is 2. The van der Waals surface area contributed by atoms with Gasteiger partial charge in [-0.25, -0.2) is 0 Å². The number of hydrogen-bond donors (Lipinski definition) is 1. The number of aliphatic hydroxyl groups excluding tert-OH is 1. The van der Waals surface area contributed by atoms with Crippen LogP contribution >= 0.6 is 0 Å². The molecule has 1 unspecified atom stereocenters. The van der Waals surface area contributed by atoms with E-state index in [0.29, 0.717) is 12.8 Å². The minimum absolute atomic E-state index is 0.0225. The minimum atomic E-state index is -3.40. The van der Waals surface area contributed by atoms with Crippen molar-refractivity contribution in [1.82, 2.24) is 4.90 Å². The molecule has 182 valence electrons. The monoisotopic (exact) mass is 463 g/mol. The van der Waals surface area contributed by atoms with Gasteiger partial charge in [-0.2, -0.15) is 8.78 Å². The average Bonchev–Trinajstić information content (AvgIpc) is 3.02. The van der Waals surface area contributed by atoms with Crippen LogP contribution in [0.2, 0.25) is 0 Å². The first kappa shape index (κ1) is 26.7. The van der Waals surface area contributed by atoms with E-state index in [9.17, 15) is 23.5 Å². The molecule has 3 atom stereocenters. The van der Waals surface area contributed by atoms with Crippen molar-refractivity contribution in [3.05, 3.63) is 60.2 Å². The number of amides is 1. The SMILES string of the molecule is COC(=O)CCC/C=C/CN1C(=O)C(F)(F)C[C@@H]1/C=C/[C@H](O)C(C)CCCc1ccccc1. The third-order valence-electron chi connectivity index (χ3n) is 5.97. The number of nitrogens with zero attached hydrogens (tertiary/aromatic N) is 1. The number of methoxy groups -OCH3 is 1. The van der Waals surface area contributed by atoms with Gasteiger partial charge in [-0.15, -0.1) is 0 Å². The van der Waals surface area contributed by atoms with Crippen molar-refractivity contribution < 1.29 is 28.2 Å². The summed E-state index contributed by atoms with van der Waals surface area (Å²) in [5.74, 6) is -4.91. The first-order chi connectivity index (χ1) is 15.7. The number of aryl methyl sites for hydroxylation is 1. The molecule has 5 nitrogen and oxygen atoms in total. The number of aliphatic hydroxyl groups is 1. The van der Waals surface area contributed by atoms with E-state index >= 15 is 0 Å². The van der Waals surface area contributed by atoms with Crippen LogP contribution in [0.15, 0.2) is 54.6 Å². The molecule has 1 amide bonds. The van der Waals surface area contributed by atoms with Crippen molar-refractivity contribution in [2.75, 3.05) is 13.7 Å². The molecule has 0 bridgehead atoms. The van der Waals surface area contributed by atoms with Crippen LogP contribution in [0.5, 0.6) is 0 Å². The maximum atomic E-state index is 14.0. The molecule has 0 radical (unpaired) electrons. The number of likely N-dealkylation sites (tertiary alicyclic amines) is 1. The van der Waals surface area contributed by atoms with E-state index in [-0.39, 0.29) is 24.9 Å². The first-order valence-electron chi connectivity index (χ1n) is 11.6. The molecule has 0 spiro atoms. The molecule has 0 saturated carbocycles. The molecule has 0 aromatic heterocycles. The highest BCUT2D eigenvalue weighted by molar-refractivity contribution is 5.86. The summed E-state index contributed by atoms with van der Waals surface area (Å²) in [4.78, 5) is 24.4. The number of carbonyl (C=O) groups is 2. The van der Waals surface area contributed by atoms with Gasteiger partial charge in [0.2, 0.25) is 0 Å². The fourth-order valence-electron chi connectivity index (χ4n) is 3.86. The van der Waals surface area contributed by atoms with Gasteiger partial charge in [0.25, 0.3) is 5.91 Å². The highest BCUT2D eigenvalue weighted by Crippen LogP contribution is 2.34. The lowest BCUT2D eigenvalue weighted by atomic mass is 9.95. The van der Waals surface area contributed by atoms with Crippen LogP contribution in [0.25, 0.3) is 0 Å². The van der Waals surface area contributed by atoms with Crippen molar-refractivity contribution in [3.8, 4) is 0 Å². The lowest BCUT2D eigenvalue weighted by Crippen LogP contribution is -2.36. The number of esters is 1. The number of alkyl halides is 2. The number of rotatable bonds is 13. The molecule has 33 heavy (non-hydrogen) atoms. The van der Waals surface area contributed by atoms with Gasteiger partial charge in [-0.1, -0.05) is 61.6 Å². The standard InChI is InChI=1S/C26H35F2NO4/c1-20(11-10-14-21-12-6-5-7-13-21)23(30)17-16-22-19-26(27,28)25(32)29(22)18-9-4-3-8-15-24(31)33-2/h4-7,9,12-13,16-17,20,22-23,30H,3,8,10-11,14-15,18-19H2,1-2H3/b9-4+,17-16+/t20?,22-,23-/m0/s1. The Morgan fingerprint density at radius 2 is 2.00 bits per heavy atom. The molecule has 1 aromatic rings. The predicted octanol–water partition coefficient (Wildman–Crippen LogP) is 4.70. The molecule has 1 heterocycles. The fourth-order valence-corrected chi connectivity index (χ4v) is 3.86. The number of carbonyl (C=O) groups excluding carboxylic acids is 2. The zero-order valence-corrected chi connectivity index (χ0v) is 19.5. The van der Waals surface area contributed by atoms with Crippen molar-refractivity contribution in [3.63, 3.8) is 0 Å². The van der Waals surface area contributed by atoms with Gasteiger partial charge in [0, 0.05) is 19.4 Å². The maximum Gasteiger partial charge on any atom is 0.327 e. The van der Waals surface area contributed by atoms with Crippen LogP contribution in [0, 0.1) is 5.92 Å². The van der Waals surface area contributed by atoms with Gasteiger partial charge in [0.05, 0.1) is 19.3 Å². The second kappa shape index (κ2) is 13.2. The Labute approximate surface area is 195 Å². The highest BCUT2D eigenvalue weighted by atomic mass is 19.3. The number of ether oxygens (including phenoxy) is 1. The maximum absolute atomic E-state index is 14.0. The van der Waals surface area contributed by atoms with E-state index in [0.717, 1.165) is 24.2 Å². The summed E-state index contributed by atoms with van der Waals surface area (Å²) in [5, 5.41) is 10.5. The minimum Gasteiger partial charge on any atom is -0.469 e. The summed E-state index contributed by atoms with van der Waals surface area (Å²) in [7, 11) is 1.33. The van der Waals surface area contributed by atoms with Crippen LogP contribution in [-0.2, 0) is 20.7 Å². The van der Waals surface area contributed by atoms with Crippen molar-refractivity contribution in [2.45, 2.75) is 69.9 Å². The van der Waals surface area contributed by atoms with E-state index < -0.39 is 30.4 Å². The van der Waals surface area contributed by atoms with Crippen LogP contribution in [-0.4, -0.2) is 53.6 Å². The van der Waals surface area contributed by atoms with Crippen LogP contribution < -0.4 is 0 Å². The summed E-state index contributed by atoms with van der Waals surface area (Å²) in [6.45, 7) is 1.99. The first-order valence-corrected chi connectivity index (χ1v) is 11.6. The van der Waals surface area contributed by atoms with E-state index in [1.807, 2.05) is 25.1 Å². The van der Waals surface area contributed by atoms with Gasteiger partial charge >= 0.3 is 11.9 Å². The number of allylic oxidation sites excluding steroid dienone is 1. The molecule has 1 aromatic carbocycles. The lowest BCUT2D eigenvalue weighted by molar-refractivity contribution is -0.147. The normalized spacial score (nSPS) is 20.0. The van der Waals surface area contributed by atoms with Gasteiger partial charge in [0.1, 0.15) is 0 Å². The van der Waals surface area contributed by atoms with Gasteiger partial charge in [0.15, 0.2) is 0 Å². The molecule has 1 saturated heterocycles. The molecule has 2 rings (SSSR count). The summed E-state index contributed by atoms with van der Waals surface area (Å²) in [6.07, 6.45) is 9.27. The van der Waals surface area contributed by atoms with Crippen molar-refractivity contribution in [2.24, 2.45) is 5.92 Å². The largest absolute Gasteiger partial charge is 0.469 e. The fraction of sp³-hybridized carbons (Fsp3) is 0.538. The van der Waals surface area contributed by atoms with E-state index in [1.165, 1.54) is 18.7 Å². The predicted molar refractivity (Wildman–Crippen MR) is 124 cm³/mol. The average molecular weight is 464 g/mol. The molecule has 1 aliphatic rings. The number of unbranched alkanes of at least 4 members (excludes halogenated alkanes) is 1. The summed E-state index contributed by atoms with van der Waals surface area (Å²) in [5.41, 5.74) is 1.25. The van der Waals surface area contributed by atoms with Crippen LogP contribution in [0.4, 0.5) is 8.78 Å². The third-order valence-corrected chi connectivity index (χ3v) is 5.97. The van der Waals surface area contributed by atoms with E-state index in [4.69, 9.17) is 0 Å². The Morgan fingerprint density at radius 1 is 1.27 bits per heavy atom. The molecule has 1 N–H and O–H groups in total. The van der Waals surface area contributed by atoms with Crippen LogP contribution in [0.1, 0.15) is 51.0 Å². The highest BCUT2D eigenvalue weighted by Gasteiger charge is 2.52. The Morgan fingerprint density at radius 3 is 2.70 bits per heavy atom. The lowest BCUT2D eigenvalue weighted by Gasteiger charge is -2.21. The second-order valence-corrected chi connectivity index (χ2v) is 8.60. The quantitative estimate of drug-likeness (QED) is 0.262. The van der Waals surface area contributed by atoms with E-state index in [2.05, 4.69) is 16.9 Å². The Balaban J connectivity index is 1.84. The molecule has 1 fully saturated rings.